The molecule has 1 N–H and O–H groups in total. The van der Waals surface area contributed by atoms with Crippen LogP contribution in [-0.2, 0) is 16.1 Å². The third kappa shape index (κ3) is 3.47. The van der Waals surface area contributed by atoms with E-state index in [9.17, 15) is 9.18 Å². The smallest absolute Gasteiger partial charge is 0.224 e. The number of halogens is 1. The number of rotatable bonds is 4. The Kier molecular flexibility index (Phi) is 4.09. The minimum absolute atomic E-state index is 0.0472. The first-order valence-corrected chi connectivity index (χ1v) is 8.21. The number of anilines is 1. The highest BCUT2D eigenvalue weighted by atomic mass is 19.1. The molecule has 25 heavy (non-hydrogen) atoms. The third-order valence-electron chi connectivity index (χ3n) is 4.32. The number of aryl methyl sites for hydroxylation is 1. The van der Waals surface area contributed by atoms with Crippen molar-refractivity contribution in [3.05, 3.63) is 59.4 Å². The Morgan fingerprint density at radius 3 is 2.88 bits per heavy atom. The standard InChI is InChI=1S/C19H17FN2O3/c20-14-4-1-12(2-5-14)18-10-16(25-22-18)11-24-15-6-7-17-13(9-15)3-8-19(23)21-17/h1-2,4-7,9,16H,3,8,10-11H2,(H,21,23). The number of carbonyl (C=O) groups is 1. The lowest BCUT2D eigenvalue weighted by Crippen LogP contribution is -2.20. The zero-order valence-corrected chi connectivity index (χ0v) is 13.5. The van der Waals surface area contributed by atoms with Gasteiger partial charge in [-0.05, 0) is 47.9 Å². The molecule has 0 aromatic heterocycles. The number of carbonyl (C=O) groups excluding carboxylic acids is 1. The second-order valence-corrected chi connectivity index (χ2v) is 6.15. The van der Waals surface area contributed by atoms with Crippen molar-refractivity contribution in [2.75, 3.05) is 11.9 Å². The number of oxime groups is 1. The summed E-state index contributed by atoms with van der Waals surface area (Å²) in [4.78, 5) is 16.8. The Hall–Kier alpha value is -2.89. The number of amides is 1. The Morgan fingerprint density at radius 2 is 2.04 bits per heavy atom. The average Bonchev–Trinajstić information content (AvgIpc) is 3.09. The quantitative estimate of drug-likeness (QED) is 0.929. The molecule has 0 aliphatic carbocycles. The van der Waals surface area contributed by atoms with Crippen LogP contribution in [0.4, 0.5) is 10.1 Å². The van der Waals surface area contributed by atoms with Gasteiger partial charge in [-0.15, -0.1) is 0 Å². The maximum Gasteiger partial charge on any atom is 0.224 e. The van der Waals surface area contributed by atoms with Gasteiger partial charge in [-0.1, -0.05) is 17.3 Å². The van der Waals surface area contributed by atoms with E-state index in [-0.39, 0.29) is 17.8 Å². The summed E-state index contributed by atoms with van der Waals surface area (Å²) in [5.41, 5.74) is 3.57. The molecule has 0 fully saturated rings. The van der Waals surface area contributed by atoms with E-state index in [0.29, 0.717) is 19.4 Å². The van der Waals surface area contributed by atoms with E-state index >= 15 is 0 Å². The van der Waals surface area contributed by atoms with Gasteiger partial charge in [-0.2, -0.15) is 0 Å². The first kappa shape index (κ1) is 15.6. The highest BCUT2D eigenvalue weighted by Gasteiger charge is 2.23. The molecule has 128 valence electrons. The highest BCUT2D eigenvalue weighted by Crippen LogP contribution is 2.27. The number of hydrogen-bond donors (Lipinski definition) is 1. The van der Waals surface area contributed by atoms with Crippen molar-refractivity contribution in [3.8, 4) is 5.75 Å². The molecule has 0 radical (unpaired) electrons. The lowest BCUT2D eigenvalue weighted by molar-refractivity contribution is -0.116. The molecule has 1 amide bonds. The van der Waals surface area contributed by atoms with Gasteiger partial charge >= 0.3 is 0 Å². The number of ether oxygens (including phenoxy) is 1. The Balaban J connectivity index is 1.34. The third-order valence-corrected chi connectivity index (χ3v) is 4.32. The van der Waals surface area contributed by atoms with Crippen LogP contribution in [-0.4, -0.2) is 24.3 Å². The van der Waals surface area contributed by atoms with Gasteiger partial charge in [0.25, 0.3) is 0 Å². The Bertz CT molecular complexity index is 833. The van der Waals surface area contributed by atoms with Crippen LogP contribution in [0.15, 0.2) is 47.6 Å². The molecule has 0 saturated heterocycles. The van der Waals surface area contributed by atoms with E-state index < -0.39 is 0 Å². The maximum atomic E-state index is 13.0. The highest BCUT2D eigenvalue weighted by molar-refractivity contribution is 6.01. The van der Waals surface area contributed by atoms with Gasteiger partial charge in [0.15, 0.2) is 6.10 Å². The second kappa shape index (κ2) is 6.55. The lowest BCUT2D eigenvalue weighted by Gasteiger charge is -2.18. The van der Waals surface area contributed by atoms with Crippen LogP contribution in [0.3, 0.4) is 0 Å². The summed E-state index contributed by atoms with van der Waals surface area (Å²) < 4.78 is 18.8. The fraction of sp³-hybridized carbons (Fsp3) is 0.263. The van der Waals surface area contributed by atoms with Crippen LogP contribution in [0.2, 0.25) is 0 Å². The molecule has 2 aliphatic heterocycles. The molecule has 4 rings (SSSR count). The topological polar surface area (TPSA) is 59.9 Å². The summed E-state index contributed by atoms with van der Waals surface area (Å²) in [5, 5.41) is 6.92. The second-order valence-electron chi connectivity index (χ2n) is 6.15. The van der Waals surface area contributed by atoms with Gasteiger partial charge in [-0.3, -0.25) is 4.79 Å². The van der Waals surface area contributed by atoms with E-state index in [4.69, 9.17) is 9.57 Å². The van der Waals surface area contributed by atoms with E-state index in [1.807, 2.05) is 18.2 Å². The maximum absolute atomic E-state index is 13.0. The van der Waals surface area contributed by atoms with Crippen LogP contribution >= 0.6 is 0 Å². The van der Waals surface area contributed by atoms with Gasteiger partial charge in [0, 0.05) is 18.5 Å². The average molecular weight is 340 g/mol. The van der Waals surface area contributed by atoms with Crippen molar-refractivity contribution < 1.29 is 18.8 Å². The van der Waals surface area contributed by atoms with Gasteiger partial charge in [-0.25, -0.2) is 4.39 Å². The molecule has 5 nitrogen and oxygen atoms in total. The first-order valence-electron chi connectivity index (χ1n) is 8.21. The SMILES string of the molecule is O=C1CCc2cc(OCC3CC(c4ccc(F)cc4)=NO3)ccc2N1. The Labute approximate surface area is 144 Å². The van der Waals surface area contributed by atoms with E-state index in [1.54, 1.807) is 12.1 Å². The van der Waals surface area contributed by atoms with Crippen molar-refractivity contribution in [2.24, 2.45) is 5.16 Å². The van der Waals surface area contributed by atoms with Crippen LogP contribution in [0, 0.1) is 5.82 Å². The summed E-state index contributed by atoms with van der Waals surface area (Å²) in [6, 6.07) is 11.8. The molecule has 2 heterocycles. The van der Waals surface area contributed by atoms with Crippen molar-refractivity contribution in [1.82, 2.24) is 0 Å². The van der Waals surface area contributed by atoms with E-state index in [1.165, 1.54) is 12.1 Å². The van der Waals surface area contributed by atoms with Gasteiger partial charge in [0.2, 0.25) is 5.91 Å². The van der Waals surface area contributed by atoms with Crippen LogP contribution in [0.1, 0.15) is 24.0 Å². The van der Waals surface area contributed by atoms with E-state index in [0.717, 1.165) is 34.7 Å². The summed E-state index contributed by atoms with van der Waals surface area (Å²) in [6.07, 6.45) is 1.66. The minimum Gasteiger partial charge on any atom is -0.490 e. The van der Waals surface area contributed by atoms with Crippen molar-refractivity contribution >= 4 is 17.3 Å². The molecule has 0 spiro atoms. The number of benzene rings is 2. The number of nitrogens with one attached hydrogen (secondary N) is 1. The predicted octanol–water partition coefficient (Wildman–Crippen LogP) is 3.28. The van der Waals surface area contributed by atoms with Crippen LogP contribution in [0.25, 0.3) is 0 Å². The summed E-state index contributed by atoms with van der Waals surface area (Å²) in [6.45, 7) is 0.374. The monoisotopic (exact) mass is 340 g/mol. The molecule has 6 heteroatoms. The summed E-state index contributed by atoms with van der Waals surface area (Å²) in [7, 11) is 0. The van der Waals surface area contributed by atoms with Crippen molar-refractivity contribution in [2.45, 2.75) is 25.4 Å². The number of hydrogen-bond acceptors (Lipinski definition) is 4. The molecule has 1 atom stereocenters. The zero-order valence-electron chi connectivity index (χ0n) is 13.5. The molecule has 1 unspecified atom stereocenters. The first-order chi connectivity index (χ1) is 12.2. The summed E-state index contributed by atoms with van der Waals surface area (Å²) in [5.74, 6) is 0.520. The molecular weight excluding hydrogens is 323 g/mol. The van der Waals surface area contributed by atoms with Crippen molar-refractivity contribution in [3.63, 3.8) is 0 Å². The molecule has 2 aromatic rings. The van der Waals surface area contributed by atoms with Crippen LogP contribution < -0.4 is 10.1 Å². The normalized spacial score (nSPS) is 18.8. The van der Waals surface area contributed by atoms with Gasteiger partial charge < -0.3 is 14.9 Å². The van der Waals surface area contributed by atoms with Crippen molar-refractivity contribution in [1.29, 1.82) is 0 Å². The molecular formula is C19H17FN2O3. The van der Waals surface area contributed by atoms with Crippen LogP contribution in [0.5, 0.6) is 5.75 Å². The Morgan fingerprint density at radius 1 is 1.20 bits per heavy atom. The lowest BCUT2D eigenvalue weighted by atomic mass is 10.0. The fourth-order valence-electron chi connectivity index (χ4n) is 2.97. The largest absolute Gasteiger partial charge is 0.490 e. The van der Waals surface area contributed by atoms with Gasteiger partial charge in [0.1, 0.15) is 18.2 Å². The number of nitrogens with zero attached hydrogens (tertiary/aromatic N) is 1. The molecule has 0 saturated carbocycles. The number of fused-ring (bicyclic) bond motifs is 1. The summed E-state index contributed by atoms with van der Waals surface area (Å²) >= 11 is 0. The predicted molar refractivity (Wildman–Crippen MR) is 91.3 cm³/mol. The molecule has 2 aliphatic rings. The fourth-order valence-corrected chi connectivity index (χ4v) is 2.97. The molecule has 0 bridgehead atoms. The molecule has 2 aromatic carbocycles. The zero-order chi connectivity index (χ0) is 17.2. The van der Waals surface area contributed by atoms with Gasteiger partial charge in [0.05, 0.1) is 5.71 Å². The minimum atomic E-state index is -0.272. The van der Waals surface area contributed by atoms with E-state index in [2.05, 4.69) is 10.5 Å².